The highest BCUT2D eigenvalue weighted by atomic mass is 32.1. The smallest absolute Gasteiger partial charge is 0.255 e. The van der Waals surface area contributed by atoms with Crippen LogP contribution in [0.2, 0.25) is 0 Å². The van der Waals surface area contributed by atoms with Gasteiger partial charge in [0.2, 0.25) is 0 Å². The van der Waals surface area contributed by atoms with E-state index in [1.807, 2.05) is 0 Å². The average molecular weight is 238 g/mol. The molecule has 1 aromatic rings. The molecule has 3 nitrogen and oxygen atoms in total. The van der Waals surface area contributed by atoms with Crippen LogP contribution in [0.3, 0.4) is 0 Å². The maximum atomic E-state index is 11.9. The summed E-state index contributed by atoms with van der Waals surface area (Å²) in [6.07, 6.45) is 2.23. The molecule has 16 heavy (non-hydrogen) atoms. The molecule has 0 radical (unpaired) electrons. The van der Waals surface area contributed by atoms with Crippen molar-refractivity contribution < 1.29 is 0 Å². The molecule has 88 valence electrons. The fourth-order valence-electron chi connectivity index (χ4n) is 2.68. The first-order chi connectivity index (χ1) is 7.50. The minimum absolute atomic E-state index is 0.00315. The van der Waals surface area contributed by atoms with Crippen molar-refractivity contribution in [2.45, 2.75) is 45.4 Å². The zero-order valence-electron chi connectivity index (χ0n) is 9.96. The second-order valence-electron chi connectivity index (χ2n) is 5.06. The standard InChI is InChI=1S/C12H18N2OS/c1-6(2)8-5-4-7(3)9-10(8)13-12(16)14-11(9)15/h6-8H,4-5H2,1-3H3,(H2,13,14,15,16). The number of aromatic amines is 2. The first-order valence-electron chi connectivity index (χ1n) is 5.87. The predicted molar refractivity (Wildman–Crippen MR) is 67.5 cm³/mol. The summed E-state index contributed by atoms with van der Waals surface area (Å²) in [4.78, 5) is 17.8. The van der Waals surface area contributed by atoms with E-state index in [-0.39, 0.29) is 5.56 Å². The molecule has 0 bridgehead atoms. The molecule has 4 heteroatoms. The van der Waals surface area contributed by atoms with Crippen LogP contribution in [0, 0.1) is 10.7 Å². The predicted octanol–water partition coefficient (Wildman–Crippen LogP) is 3.07. The van der Waals surface area contributed by atoms with E-state index in [1.54, 1.807) is 0 Å². The van der Waals surface area contributed by atoms with Gasteiger partial charge in [0.25, 0.3) is 5.56 Å². The minimum Gasteiger partial charge on any atom is -0.335 e. The van der Waals surface area contributed by atoms with Crippen LogP contribution in [0.15, 0.2) is 4.79 Å². The van der Waals surface area contributed by atoms with Crippen LogP contribution in [0.5, 0.6) is 0 Å². The summed E-state index contributed by atoms with van der Waals surface area (Å²) < 4.78 is 0.448. The number of H-pyrrole nitrogens is 2. The first-order valence-corrected chi connectivity index (χ1v) is 6.28. The van der Waals surface area contributed by atoms with Crippen molar-refractivity contribution in [3.63, 3.8) is 0 Å². The van der Waals surface area contributed by atoms with Crippen molar-refractivity contribution in [2.75, 3.05) is 0 Å². The highest BCUT2D eigenvalue weighted by Gasteiger charge is 2.29. The fraction of sp³-hybridized carbons (Fsp3) is 0.667. The highest BCUT2D eigenvalue weighted by Crippen LogP contribution is 2.39. The zero-order valence-corrected chi connectivity index (χ0v) is 10.8. The van der Waals surface area contributed by atoms with Crippen molar-refractivity contribution in [3.8, 4) is 0 Å². The van der Waals surface area contributed by atoms with Gasteiger partial charge in [-0.2, -0.15) is 0 Å². The molecule has 0 saturated carbocycles. The molecule has 2 atom stereocenters. The van der Waals surface area contributed by atoms with E-state index in [0.29, 0.717) is 22.5 Å². The molecular formula is C12H18N2OS. The number of fused-ring (bicyclic) bond motifs is 1. The quantitative estimate of drug-likeness (QED) is 0.739. The second-order valence-corrected chi connectivity index (χ2v) is 5.47. The molecule has 0 aromatic carbocycles. The van der Waals surface area contributed by atoms with Gasteiger partial charge in [0.15, 0.2) is 4.77 Å². The molecular weight excluding hydrogens is 220 g/mol. The molecule has 0 saturated heterocycles. The molecule has 0 spiro atoms. The number of nitrogens with one attached hydrogen (secondary N) is 2. The van der Waals surface area contributed by atoms with E-state index in [9.17, 15) is 4.79 Å². The summed E-state index contributed by atoms with van der Waals surface area (Å²) in [6.45, 7) is 6.51. The Kier molecular flexibility index (Phi) is 3.02. The average Bonchev–Trinajstić information content (AvgIpc) is 2.15. The molecule has 1 heterocycles. The molecule has 0 amide bonds. The third-order valence-corrected chi connectivity index (χ3v) is 3.79. The van der Waals surface area contributed by atoms with E-state index in [4.69, 9.17) is 12.2 Å². The molecule has 1 aromatic heterocycles. The summed E-state index contributed by atoms with van der Waals surface area (Å²) >= 11 is 5.05. The normalized spacial score (nSPS) is 24.5. The molecule has 2 unspecified atom stereocenters. The van der Waals surface area contributed by atoms with E-state index in [1.165, 1.54) is 0 Å². The summed E-state index contributed by atoms with van der Waals surface area (Å²) in [5.74, 6) is 1.31. The van der Waals surface area contributed by atoms with Crippen molar-refractivity contribution in [2.24, 2.45) is 5.92 Å². The van der Waals surface area contributed by atoms with Gasteiger partial charge in [0.1, 0.15) is 0 Å². The van der Waals surface area contributed by atoms with E-state index in [0.717, 1.165) is 24.1 Å². The van der Waals surface area contributed by atoms with Gasteiger partial charge in [-0.25, -0.2) is 0 Å². The van der Waals surface area contributed by atoms with Crippen LogP contribution in [0.1, 0.15) is 56.7 Å². The van der Waals surface area contributed by atoms with Gasteiger partial charge in [-0.1, -0.05) is 20.8 Å². The lowest BCUT2D eigenvalue weighted by Gasteiger charge is -2.30. The van der Waals surface area contributed by atoms with Crippen LogP contribution < -0.4 is 5.56 Å². The third-order valence-electron chi connectivity index (χ3n) is 3.59. The summed E-state index contributed by atoms with van der Waals surface area (Å²) in [7, 11) is 0. The van der Waals surface area contributed by atoms with E-state index < -0.39 is 0 Å². The van der Waals surface area contributed by atoms with Crippen molar-refractivity contribution in [1.29, 1.82) is 0 Å². The molecule has 1 aliphatic rings. The Labute approximate surface area is 100 Å². The summed E-state index contributed by atoms with van der Waals surface area (Å²) in [5.41, 5.74) is 1.98. The van der Waals surface area contributed by atoms with Gasteiger partial charge in [0, 0.05) is 17.2 Å². The third kappa shape index (κ3) is 1.86. The van der Waals surface area contributed by atoms with Crippen molar-refractivity contribution >= 4 is 12.2 Å². The highest BCUT2D eigenvalue weighted by molar-refractivity contribution is 7.71. The lowest BCUT2D eigenvalue weighted by molar-refractivity contribution is 0.396. The zero-order chi connectivity index (χ0) is 11.9. The Bertz CT molecular complexity index is 500. The van der Waals surface area contributed by atoms with Gasteiger partial charge < -0.3 is 4.98 Å². The fourth-order valence-corrected chi connectivity index (χ4v) is 2.88. The Morgan fingerprint density at radius 1 is 1.31 bits per heavy atom. The first kappa shape index (κ1) is 11.6. The van der Waals surface area contributed by atoms with Gasteiger partial charge in [0.05, 0.1) is 0 Å². The molecule has 0 aliphatic heterocycles. The van der Waals surface area contributed by atoms with Crippen LogP contribution in [0.4, 0.5) is 0 Å². The minimum atomic E-state index is -0.00315. The Balaban J connectivity index is 2.65. The maximum Gasteiger partial charge on any atom is 0.255 e. The lowest BCUT2D eigenvalue weighted by Crippen LogP contribution is -2.27. The van der Waals surface area contributed by atoms with Crippen molar-refractivity contribution in [1.82, 2.24) is 9.97 Å². The number of hydrogen-bond acceptors (Lipinski definition) is 2. The van der Waals surface area contributed by atoms with Crippen LogP contribution >= 0.6 is 12.2 Å². The molecule has 0 fully saturated rings. The number of aromatic nitrogens is 2. The van der Waals surface area contributed by atoms with E-state index in [2.05, 4.69) is 30.7 Å². The van der Waals surface area contributed by atoms with Crippen LogP contribution in [-0.2, 0) is 0 Å². The van der Waals surface area contributed by atoms with Crippen molar-refractivity contribution in [3.05, 3.63) is 26.4 Å². The lowest BCUT2D eigenvalue weighted by atomic mass is 9.76. The van der Waals surface area contributed by atoms with Gasteiger partial charge in [-0.05, 0) is 36.9 Å². The SMILES string of the molecule is CC1CCC(C(C)C)c2[nH]c(=S)[nH]c(=O)c21. The van der Waals surface area contributed by atoms with Crippen LogP contribution in [0.25, 0.3) is 0 Å². The Morgan fingerprint density at radius 2 is 2.00 bits per heavy atom. The molecule has 1 aliphatic carbocycles. The molecule has 2 rings (SSSR count). The topological polar surface area (TPSA) is 48.6 Å². The summed E-state index contributed by atoms with van der Waals surface area (Å²) in [5, 5.41) is 0. The van der Waals surface area contributed by atoms with Gasteiger partial charge >= 0.3 is 0 Å². The Hall–Kier alpha value is -0.900. The van der Waals surface area contributed by atoms with Gasteiger partial charge in [-0.3, -0.25) is 9.78 Å². The maximum absolute atomic E-state index is 11.9. The number of rotatable bonds is 1. The van der Waals surface area contributed by atoms with Gasteiger partial charge in [-0.15, -0.1) is 0 Å². The molecule has 2 N–H and O–H groups in total. The largest absolute Gasteiger partial charge is 0.335 e. The van der Waals surface area contributed by atoms with Crippen LogP contribution in [-0.4, -0.2) is 9.97 Å². The number of hydrogen-bond donors (Lipinski definition) is 2. The summed E-state index contributed by atoms with van der Waals surface area (Å²) in [6, 6.07) is 0. The second kappa shape index (κ2) is 4.17. The Morgan fingerprint density at radius 3 is 2.62 bits per heavy atom. The monoisotopic (exact) mass is 238 g/mol. The van der Waals surface area contributed by atoms with E-state index >= 15 is 0 Å².